The van der Waals surface area contributed by atoms with E-state index in [1.54, 1.807) is 37.6 Å². The van der Waals surface area contributed by atoms with Crippen molar-refractivity contribution in [2.45, 2.75) is 56.9 Å². The lowest BCUT2D eigenvalue weighted by Gasteiger charge is -2.31. The summed E-state index contributed by atoms with van der Waals surface area (Å²) in [5.41, 5.74) is 2.33. The van der Waals surface area contributed by atoms with Crippen LogP contribution in [0.4, 0.5) is 5.69 Å². The van der Waals surface area contributed by atoms with Gasteiger partial charge in [-0.15, -0.1) is 0 Å². The van der Waals surface area contributed by atoms with Gasteiger partial charge in [-0.3, -0.25) is 9.59 Å². The van der Waals surface area contributed by atoms with E-state index in [0.29, 0.717) is 34.7 Å². The van der Waals surface area contributed by atoms with E-state index < -0.39 is 0 Å². The first-order chi connectivity index (χ1) is 17.1. The van der Waals surface area contributed by atoms with Gasteiger partial charge in [0, 0.05) is 23.6 Å². The Balaban J connectivity index is 1.35. The fraction of sp³-hybridized carbons (Fsp3) is 0.407. The van der Waals surface area contributed by atoms with E-state index in [-0.39, 0.29) is 17.9 Å². The molecule has 3 aromatic rings. The van der Waals surface area contributed by atoms with E-state index in [1.807, 2.05) is 18.2 Å². The average molecular weight is 475 g/mol. The molecule has 1 aromatic carbocycles. The van der Waals surface area contributed by atoms with Crippen molar-refractivity contribution in [1.82, 2.24) is 15.5 Å². The van der Waals surface area contributed by atoms with Crippen LogP contribution in [0.15, 0.2) is 53.2 Å². The Morgan fingerprint density at radius 1 is 1.03 bits per heavy atom. The van der Waals surface area contributed by atoms with Crippen LogP contribution in [0, 0.1) is 5.92 Å². The molecule has 0 bridgehead atoms. The number of benzene rings is 1. The molecule has 0 radical (unpaired) electrons. The lowest BCUT2D eigenvalue weighted by Crippen LogP contribution is -2.34. The number of anilines is 1. The number of amides is 2. The first kappa shape index (κ1) is 23.1. The SMILES string of the molecule is COc1ccc(NC(=O)c2cccc(C(NC(=O)c3cc(C4CC4)on3)C3CCCCC3)c2)cn1. The number of pyridine rings is 1. The van der Waals surface area contributed by atoms with Crippen molar-refractivity contribution >= 4 is 17.5 Å². The lowest BCUT2D eigenvalue weighted by molar-refractivity contribution is 0.0903. The number of carbonyl (C=O) groups excluding carboxylic acids is 2. The Hall–Kier alpha value is -3.68. The molecule has 182 valence electrons. The van der Waals surface area contributed by atoms with Crippen LogP contribution in [0.3, 0.4) is 0 Å². The Kier molecular flexibility index (Phi) is 6.79. The average Bonchev–Trinajstić information content (AvgIpc) is 3.64. The number of carbonyl (C=O) groups is 2. The van der Waals surface area contributed by atoms with Gasteiger partial charge in [0.15, 0.2) is 5.69 Å². The molecule has 1 unspecified atom stereocenters. The van der Waals surface area contributed by atoms with Gasteiger partial charge < -0.3 is 19.9 Å². The normalized spacial score (nSPS) is 16.9. The number of ether oxygens (including phenoxy) is 1. The number of hydrogen-bond donors (Lipinski definition) is 2. The molecule has 2 heterocycles. The van der Waals surface area contributed by atoms with Crippen LogP contribution in [-0.2, 0) is 0 Å². The van der Waals surface area contributed by atoms with Gasteiger partial charge in [-0.25, -0.2) is 4.98 Å². The van der Waals surface area contributed by atoms with Crippen LogP contribution in [0.1, 0.15) is 89.1 Å². The Morgan fingerprint density at radius 2 is 1.86 bits per heavy atom. The number of nitrogens with one attached hydrogen (secondary N) is 2. The molecular formula is C27H30N4O4. The molecule has 2 aromatic heterocycles. The highest BCUT2D eigenvalue weighted by molar-refractivity contribution is 6.04. The fourth-order valence-corrected chi connectivity index (χ4v) is 4.76. The Morgan fingerprint density at radius 3 is 2.57 bits per heavy atom. The maximum Gasteiger partial charge on any atom is 0.273 e. The van der Waals surface area contributed by atoms with Gasteiger partial charge in [0.2, 0.25) is 5.88 Å². The number of methoxy groups -OCH3 is 1. The third-order valence-corrected chi connectivity index (χ3v) is 6.86. The molecule has 35 heavy (non-hydrogen) atoms. The second kappa shape index (κ2) is 10.3. The van der Waals surface area contributed by atoms with Crippen molar-refractivity contribution in [2.75, 3.05) is 12.4 Å². The van der Waals surface area contributed by atoms with Crippen molar-refractivity contribution in [2.24, 2.45) is 5.92 Å². The predicted molar refractivity (Wildman–Crippen MR) is 130 cm³/mol. The Labute approximate surface area is 204 Å². The highest BCUT2D eigenvalue weighted by Crippen LogP contribution is 2.40. The largest absolute Gasteiger partial charge is 0.481 e. The number of nitrogens with zero attached hydrogens (tertiary/aromatic N) is 2. The molecule has 0 aliphatic heterocycles. The van der Waals surface area contributed by atoms with E-state index >= 15 is 0 Å². The molecule has 5 rings (SSSR count). The summed E-state index contributed by atoms with van der Waals surface area (Å²) in [7, 11) is 1.54. The quantitative estimate of drug-likeness (QED) is 0.461. The zero-order valence-corrected chi connectivity index (χ0v) is 19.8. The molecule has 0 saturated heterocycles. The topological polar surface area (TPSA) is 106 Å². The summed E-state index contributed by atoms with van der Waals surface area (Å²) in [5, 5.41) is 10.1. The molecule has 8 heteroatoms. The molecule has 2 fully saturated rings. The van der Waals surface area contributed by atoms with E-state index in [1.165, 1.54) is 6.42 Å². The van der Waals surface area contributed by atoms with Crippen molar-refractivity contribution in [1.29, 1.82) is 0 Å². The first-order valence-electron chi connectivity index (χ1n) is 12.3. The van der Waals surface area contributed by atoms with Crippen LogP contribution in [-0.4, -0.2) is 29.1 Å². The summed E-state index contributed by atoms with van der Waals surface area (Å²) >= 11 is 0. The summed E-state index contributed by atoms with van der Waals surface area (Å²) < 4.78 is 10.5. The maximum atomic E-state index is 13.1. The van der Waals surface area contributed by atoms with E-state index in [9.17, 15) is 9.59 Å². The third-order valence-electron chi connectivity index (χ3n) is 6.86. The Bertz CT molecular complexity index is 1180. The van der Waals surface area contributed by atoms with Gasteiger partial charge in [-0.05, 0) is 55.4 Å². The number of rotatable bonds is 8. The highest BCUT2D eigenvalue weighted by atomic mass is 16.5. The summed E-state index contributed by atoms with van der Waals surface area (Å²) in [6.45, 7) is 0. The van der Waals surface area contributed by atoms with Crippen LogP contribution in [0.25, 0.3) is 0 Å². The van der Waals surface area contributed by atoms with Gasteiger partial charge in [0.05, 0.1) is 25.0 Å². The summed E-state index contributed by atoms with van der Waals surface area (Å²) in [6.07, 6.45) is 9.28. The van der Waals surface area contributed by atoms with Crippen molar-refractivity contribution < 1.29 is 18.8 Å². The van der Waals surface area contributed by atoms with Gasteiger partial charge in [-0.1, -0.05) is 36.6 Å². The van der Waals surface area contributed by atoms with Crippen LogP contribution in [0.2, 0.25) is 0 Å². The lowest BCUT2D eigenvalue weighted by atomic mass is 9.80. The second-order valence-electron chi connectivity index (χ2n) is 9.41. The minimum Gasteiger partial charge on any atom is -0.481 e. The minimum atomic E-state index is -0.240. The van der Waals surface area contributed by atoms with Crippen LogP contribution >= 0.6 is 0 Å². The van der Waals surface area contributed by atoms with Gasteiger partial charge in [0.1, 0.15) is 5.76 Å². The zero-order valence-electron chi connectivity index (χ0n) is 19.8. The fourth-order valence-electron chi connectivity index (χ4n) is 4.76. The molecular weight excluding hydrogens is 444 g/mol. The van der Waals surface area contributed by atoms with Crippen LogP contribution in [0.5, 0.6) is 5.88 Å². The zero-order chi connectivity index (χ0) is 24.2. The summed E-state index contributed by atoms with van der Waals surface area (Å²) in [6, 6.07) is 12.5. The van der Waals surface area contributed by atoms with Gasteiger partial charge in [0.25, 0.3) is 11.8 Å². The molecule has 2 N–H and O–H groups in total. The number of hydrogen-bond acceptors (Lipinski definition) is 6. The smallest absolute Gasteiger partial charge is 0.273 e. The van der Waals surface area contributed by atoms with E-state index in [0.717, 1.165) is 49.8 Å². The van der Waals surface area contributed by atoms with E-state index in [4.69, 9.17) is 9.26 Å². The number of aromatic nitrogens is 2. The molecule has 8 nitrogen and oxygen atoms in total. The molecule has 2 amide bonds. The molecule has 0 spiro atoms. The monoisotopic (exact) mass is 474 g/mol. The summed E-state index contributed by atoms with van der Waals surface area (Å²) in [5.74, 6) is 1.48. The van der Waals surface area contributed by atoms with Crippen molar-refractivity contribution in [3.05, 3.63) is 71.2 Å². The van der Waals surface area contributed by atoms with Gasteiger partial charge >= 0.3 is 0 Å². The van der Waals surface area contributed by atoms with Crippen molar-refractivity contribution in [3.8, 4) is 5.88 Å². The molecule has 2 aliphatic carbocycles. The van der Waals surface area contributed by atoms with E-state index in [2.05, 4.69) is 20.8 Å². The maximum absolute atomic E-state index is 13.1. The minimum absolute atomic E-state index is 0.209. The summed E-state index contributed by atoms with van der Waals surface area (Å²) in [4.78, 5) is 30.2. The third kappa shape index (κ3) is 5.53. The molecule has 1 atom stereocenters. The van der Waals surface area contributed by atoms with Crippen molar-refractivity contribution in [3.63, 3.8) is 0 Å². The highest BCUT2D eigenvalue weighted by Gasteiger charge is 2.31. The standard InChI is InChI=1S/C27H30N4O4/c1-34-24-13-12-21(16-28-24)29-26(32)20-9-5-8-19(14-20)25(18-6-3-2-4-7-18)30-27(33)22-15-23(35-31-22)17-10-11-17/h5,8-9,12-18,25H,2-4,6-7,10-11H2,1H3,(H,29,32)(H,30,33). The molecule has 2 saturated carbocycles. The van der Waals surface area contributed by atoms with Gasteiger partial charge in [-0.2, -0.15) is 0 Å². The predicted octanol–water partition coefficient (Wildman–Crippen LogP) is 5.26. The molecule has 2 aliphatic rings. The van der Waals surface area contributed by atoms with Crippen LogP contribution < -0.4 is 15.4 Å². The second-order valence-corrected chi connectivity index (χ2v) is 9.41. The first-order valence-corrected chi connectivity index (χ1v) is 12.3.